The van der Waals surface area contributed by atoms with Crippen LogP contribution in [-0.2, 0) is 13.6 Å². The van der Waals surface area contributed by atoms with Crippen LogP contribution in [0.3, 0.4) is 0 Å². The highest BCUT2D eigenvalue weighted by atomic mass is 35.5. The van der Waals surface area contributed by atoms with Gasteiger partial charge in [-0.2, -0.15) is 0 Å². The van der Waals surface area contributed by atoms with Crippen LogP contribution in [0, 0.1) is 0 Å². The average molecular weight is 263 g/mol. The van der Waals surface area contributed by atoms with E-state index in [-0.39, 0.29) is 24.0 Å². The third-order valence-electron chi connectivity index (χ3n) is 1.65. The molecule has 0 aromatic heterocycles. The van der Waals surface area contributed by atoms with Gasteiger partial charge in [-0.05, 0) is 12.8 Å². The van der Waals surface area contributed by atoms with Crippen molar-refractivity contribution in [2.45, 2.75) is 37.4 Å². The third-order valence-corrected chi connectivity index (χ3v) is 3.32. The Morgan fingerprint density at radius 2 is 1.43 bits per heavy atom. The van der Waals surface area contributed by atoms with Gasteiger partial charge in [0.15, 0.2) is 0 Å². The van der Waals surface area contributed by atoms with Crippen LogP contribution in [0.2, 0.25) is 0 Å². The summed E-state index contributed by atoms with van der Waals surface area (Å²) in [6.45, 7) is 4.39. The molecule has 0 aromatic carbocycles. The van der Waals surface area contributed by atoms with Gasteiger partial charge in [0.2, 0.25) is 0 Å². The average Bonchev–Trinajstić information content (AvgIpc) is 2.22. The van der Waals surface area contributed by atoms with Crippen molar-refractivity contribution in [3.63, 3.8) is 0 Å². The van der Waals surface area contributed by atoms with Gasteiger partial charge in [0.05, 0.1) is 24.0 Å². The summed E-state index contributed by atoms with van der Waals surface area (Å²) in [6.07, 6.45) is 1.56. The Labute approximate surface area is 96.0 Å². The summed E-state index contributed by atoms with van der Waals surface area (Å²) in [5.74, 6) is 0. The zero-order valence-corrected chi connectivity index (χ0v) is 11.0. The second-order valence-corrected chi connectivity index (χ2v) is 5.19. The summed E-state index contributed by atoms with van der Waals surface area (Å²) < 4.78 is 21.0. The molecule has 0 spiro atoms. The van der Waals surface area contributed by atoms with Crippen LogP contribution in [0.5, 0.6) is 0 Å². The Hall–Kier alpha value is 0.730. The molecule has 0 aromatic rings. The van der Waals surface area contributed by atoms with Crippen LogP contribution >= 0.6 is 31.5 Å². The van der Waals surface area contributed by atoms with E-state index in [1.807, 2.05) is 13.8 Å². The van der Waals surface area contributed by atoms with E-state index in [0.717, 1.165) is 12.8 Å². The molecule has 3 nitrogen and oxygen atoms in total. The van der Waals surface area contributed by atoms with Gasteiger partial charge in [-0.1, -0.05) is 13.8 Å². The van der Waals surface area contributed by atoms with Crippen molar-refractivity contribution in [2.75, 3.05) is 13.2 Å². The topological polar surface area (TPSA) is 35.5 Å². The van der Waals surface area contributed by atoms with Crippen LogP contribution in [-0.4, -0.2) is 24.0 Å². The first kappa shape index (κ1) is 14.7. The molecule has 2 atom stereocenters. The number of halogens is 2. The molecule has 0 bridgehead atoms. The number of hydrogen-bond acceptors (Lipinski definition) is 3. The van der Waals surface area contributed by atoms with E-state index < -0.39 is 8.25 Å². The van der Waals surface area contributed by atoms with Crippen molar-refractivity contribution in [1.82, 2.24) is 0 Å². The highest BCUT2D eigenvalue weighted by Crippen LogP contribution is 2.26. The maximum Gasteiger partial charge on any atom is 0.319 e. The van der Waals surface area contributed by atoms with Gasteiger partial charge in [-0.15, -0.1) is 23.2 Å². The minimum absolute atomic E-state index is 0.106. The summed E-state index contributed by atoms with van der Waals surface area (Å²) in [7, 11) is -2.42. The van der Waals surface area contributed by atoms with Gasteiger partial charge < -0.3 is 9.05 Å². The maximum atomic E-state index is 11.1. The third kappa shape index (κ3) is 8.07. The Kier molecular flexibility index (Phi) is 9.46. The lowest BCUT2D eigenvalue weighted by Gasteiger charge is -2.09. The molecule has 14 heavy (non-hydrogen) atoms. The molecule has 86 valence electrons. The summed E-state index contributed by atoms with van der Waals surface area (Å²) in [5.41, 5.74) is 0. The Bertz CT molecular complexity index is 153. The fourth-order valence-corrected chi connectivity index (χ4v) is 1.69. The molecule has 0 rings (SSSR count). The van der Waals surface area contributed by atoms with E-state index in [9.17, 15) is 4.57 Å². The van der Waals surface area contributed by atoms with Gasteiger partial charge in [0.1, 0.15) is 0 Å². The van der Waals surface area contributed by atoms with E-state index in [1.165, 1.54) is 0 Å². The maximum absolute atomic E-state index is 11.1. The smallest absolute Gasteiger partial charge is 0.309 e. The fourth-order valence-electron chi connectivity index (χ4n) is 0.594. The van der Waals surface area contributed by atoms with E-state index in [4.69, 9.17) is 32.2 Å². The summed E-state index contributed by atoms with van der Waals surface area (Å²) in [5, 5.41) is -0.212. The number of hydrogen-bond donors (Lipinski definition) is 0. The first-order chi connectivity index (χ1) is 6.60. The normalized spacial score (nSPS) is 17.7. The van der Waals surface area contributed by atoms with Gasteiger partial charge >= 0.3 is 8.25 Å². The van der Waals surface area contributed by atoms with Gasteiger partial charge in [0.25, 0.3) is 0 Å². The van der Waals surface area contributed by atoms with Crippen molar-refractivity contribution >= 4 is 31.5 Å². The van der Waals surface area contributed by atoms with Gasteiger partial charge in [-0.25, -0.2) is 0 Å². The lowest BCUT2D eigenvalue weighted by atomic mass is 10.4. The lowest BCUT2D eigenvalue weighted by molar-refractivity contribution is 0.223. The first-order valence-corrected chi connectivity index (χ1v) is 6.77. The van der Waals surface area contributed by atoms with Crippen LogP contribution in [0.25, 0.3) is 0 Å². The zero-order valence-electron chi connectivity index (χ0n) is 8.46. The predicted molar refractivity (Wildman–Crippen MR) is 60.8 cm³/mol. The molecular weight excluding hydrogens is 246 g/mol. The van der Waals surface area contributed by atoms with E-state index in [0.29, 0.717) is 0 Å². The molecule has 6 heteroatoms. The fraction of sp³-hybridized carbons (Fsp3) is 1.00. The molecule has 0 fully saturated rings. The Morgan fingerprint density at radius 1 is 1.07 bits per heavy atom. The van der Waals surface area contributed by atoms with Gasteiger partial charge in [-0.3, -0.25) is 4.57 Å². The van der Waals surface area contributed by atoms with Crippen LogP contribution < -0.4 is 0 Å². The van der Waals surface area contributed by atoms with Gasteiger partial charge in [0, 0.05) is 0 Å². The summed E-state index contributed by atoms with van der Waals surface area (Å²) >= 11 is 11.5. The zero-order chi connectivity index (χ0) is 11.0. The highest BCUT2D eigenvalue weighted by Gasteiger charge is 2.08. The monoisotopic (exact) mass is 262 g/mol. The predicted octanol–water partition coefficient (Wildman–Crippen LogP) is 3.44. The number of rotatable bonds is 8. The molecule has 0 aliphatic carbocycles. The van der Waals surface area contributed by atoms with Crippen LogP contribution in [0.4, 0.5) is 0 Å². The second-order valence-electron chi connectivity index (χ2n) is 2.88. The van der Waals surface area contributed by atoms with Crippen molar-refractivity contribution < 1.29 is 13.6 Å². The van der Waals surface area contributed by atoms with Crippen LogP contribution in [0.1, 0.15) is 26.7 Å². The van der Waals surface area contributed by atoms with Crippen molar-refractivity contribution in [2.24, 2.45) is 0 Å². The molecule has 0 N–H and O–H groups in total. The standard InChI is InChI=1S/C8H17Cl2O3P/c1-3-7(9)5-12-14(11)13-6-8(10)4-2/h7-8,14H,3-6H2,1-2H3. The molecule has 0 saturated carbocycles. The quantitative estimate of drug-likeness (QED) is 0.497. The van der Waals surface area contributed by atoms with E-state index in [1.54, 1.807) is 0 Å². The highest BCUT2D eigenvalue weighted by molar-refractivity contribution is 7.33. The van der Waals surface area contributed by atoms with E-state index >= 15 is 0 Å². The SMILES string of the molecule is CCC(Cl)CO[PH](=O)OCC(Cl)CC. The van der Waals surface area contributed by atoms with Crippen LogP contribution in [0.15, 0.2) is 0 Å². The molecule has 0 radical (unpaired) electrons. The second kappa shape index (κ2) is 8.99. The first-order valence-electron chi connectivity index (χ1n) is 4.67. The summed E-state index contributed by atoms with van der Waals surface area (Å²) in [4.78, 5) is 0. The van der Waals surface area contributed by atoms with Crippen molar-refractivity contribution in [3.8, 4) is 0 Å². The molecule has 0 amide bonds. The Morgan fingerprint density at radius 3 is 1.71 bits per heavy atom. The Balaban J connectivity index is 3.46. The molecule has 0 heterocycles. The summed E-state index contributed by atoms with van der Waals surface area (Å²) in [6, 6.07) is 0. The molecule has 0 aliphatic rings. The van der Waals surface area contributed by atoms with E-state index in [2.05, 4.69) is 0 Å². The minimum atomic E-state index is -2.42. The minimum Gasteiger partial charge on any atom is -0.309 e. The molecular formula is C8H17Cl2O3P. The molecule has 2 unspecified atom stereocenters. The number of alkyl halides is 2. The van der Waals surface area contributed by atoms with Crippen molar-refractivity contribution in [3.05, 3.63) is 0 Å². The van der Waals surface area contributed by atoms with Crippen molar-refractivity contribution in [1.29, 1.82) is 0 Å². The molecule has 0 saturated heterocycles. The lowest BCUT2D eigenvalue weighted by Crippen LogP contribution is -2.07. The largest absolute Gasteiger partial charge is 0.319 e. The molecule has 0 aliphatic heterocycles.